The Kier molecular flexibility index (Phi) is 4.36. The van der Waals surface area contributed by atoms with Crippen LogP contribution in [0.2, 0.25) is 0 Å². The van der Waals surface area contributed by atoms with Crippen molar-refractivity contribution in [2.24, 2.45) is 11.8 Å². The van der Waals surface area contributed by atoms with Gasteiger partial charge in [-0.25, -0.2) is 4.39 Å². The van der Waals surface area contributed by atoms with Crippen molar-refractivity contribution in [3.63, 3.8) is 0 Å². The van der Waals surface area contributed by atoms with Crippen molar-refractivity contribution < 1.29 is 4.39 Å². The smallest absolute Gasteiger partial charge is 0.115 e. The lowest BCUT2D eigenvalue weighted by Crippen LogP contribution is -2.45. The van der Waals surface area contributed by atoms with E-state index in [4.69, 9.17) is 0 Å². The summed E-state index contributed by atoms with van der Waals surface area (Å²) in [6.45, 7) is 7.94. The first kappa shape index (κ1) is 12.0. The number of hydrogen-bond acceptors (Lipinski definition) is 1. The van der Waals surface area contributed by atoms with E-state index in [1.165, 1.54) is 0 Å². The minimum absolute atomic E-state index is 0.223. The van der Waals surface area contributed by atoms with Gasteiger partial charge in [0.15, 0.2) is 0 Å². The Morgan fingerprint density at radius 3 is 2.50 bits per heavy atom. The third kappa shape index (κ3) is 2.47. The average Bonchev–Trinajstić information content (AvgIpc) is 2.20. The van der Waals surface area contributed by atoms with E-state index in [2.05, 4.69) is 19.2 Å². The van der Waals surface area contributed by atoms with Gasteiger partial charge < -0.3 is 5.32 Å². The number of halogens is 1. The van der Waals surface area contributed by atoms with E-state index in [1.807, 2.05) is 6.92 Å². The highest BCUT2D eigenvalue weighted by Crippen LogP contribution is 2.37. The fraction of sp³-hybridized carbons (Fsp3) is 1.00. The van der Waals surface area contributed by atoms with Crippen LogP contribution < -0.4 is 5.32 Å². The number of alkyl halides is 1. The number of hydrogen-bond donors (Lipinski definition) is 1. The molecule has 0 saturated carbocycles. The molecular formula is C12H24FN. The highest BCUT2D eigenvalue weighted by Gasteiger charge is 2.40. The van der Waals surface area contributed by atoms with Crippen LogP contribution >= 0.6 is 0 Å². The van der Waals surface area contributed by atoms with Gasteiger partial charge in [0.25, 0.3) is 0 Å². The maximum atomic E-state index is 14.6. The van der Waals surface area contributed by atoms with Crippen molar-refractivity contribution in [1.29, 1.82) is 0 Å². The van der Waals surface area contributed by atoms with Crippen LogP contribution in [0.5, 0.6) is 0 Å². The molecule has 1 saturated heterocycles. The molecule has 0 bridgehead atoms. The highest BCUT2D eigenvalue weighted by molar-refractivity contribution is 4.91. The van der Waals surface area contributed by atoms with Crippen molar-refractivity contribution in [1.82, 2.24) is 5.32 Å². The summed E-state index contributed by atoms with van der Waals surface area (Å²) in [6, 6.07) is 0. The normalized spacial score (nSPS) is 27.6. The van der Waals surface area contributed by atoms with Crippen molar-refractivity contribution in [2.75, 3.05) is 13.1 Å². The maximum absolute atomic E-state index is 14.6. The minimum Gasteiger partial charge on any atom is -0.316 e. The molecular weight excluding hydrogens is 177 g/mol. The van der Waals surface area contributed by atoms with Gasteiger partial charge in [0.05, 0.1) is 0 Å². The first-order valence-corrected chi connectivity index (χ1v) is 6.02. The zero-order valence-corrected chi connectivity index (χ0v) is 9.78. The summed E-state index contributed by atoms with van der Waals surface area (Å²) in [5, 5.41) is 3.30. The molecule has 0 spiro atoms. The van der Waals surface area contributed by atoms with Crippen molar-refractivity contribution in [3.05, 3.63) is 0 Å². The summed E-state index contributed by atoms with van der Waals surface area (Å²) >= 11 is 0. The van der Waals surface area contributed by atoms with Gasteiger partial charge in [0.1, 0.15) is 5.67 Å². The quantitative estimate of drug-likeness (QED) is 0.736. The third-order valence-corrected chi connectivity index (χ3v) is 3.88. The van der Waals surface area contributed by atoms with Crippen LogP contribution in [0.15, 0.2) is 0 Å². The minimum atomic E-state index is -0.975. The monoisotopic (exact) mass is 201 g/mol. The van der Waals surface area contributed by atoms with Gasteiger partial charge in [-0.05, 0) is 32.2 Å². The Hall–Kier alpha value is -0.110. The molecule has 0 aliphatic carbocycles. The summed E-state index contributed by atoms with van der Waals surface area (Å²) in [6.07, 6.45) is 4.10. The number of nitrogens with one attached hydrogen (secondary N) is 1. The van der Waals surface area contributed by atoms with E-state index in [0.717, 1.165) is 38.8 Å². The Morgan fingerprint density at radius 2 is 2.07 bits per heavy atom. The molecule has 1 nitrogen and oxygen atoms in total. The summed E-state index contributed by atoms with van der Waals surface area (Å²) in [4.78, 5) is 0. The molecule has 0 radical (unpaired) electrons. The van der Waals surface area contributed by atoms with E-state index in [0.29, 0.717) is 0 Å². The topological polar surface area (TPSA) is 12.0 Å². The van der Waals surface area contributed by atoms with E-state index < -0.39 is 5.67 Å². The number of piperidine rings is 1. The lowest BCUT2D eigenvalue weighted by molar-refractivity contribution is 0.0172. The molecule has 1 aliphatic heterocycles. The van der Waals surface area contributed by atoms with E-state index in [-0.39, 0.29) is 11.8 Å². The molecule has 2 unspecified atom stereocenters. The zero-order chi connectivity index (χ0) is 10.6. The predicted octanol–water partition coefficient (Wildman–Crippen LogP) is 3.15. The zero-order valence-electron chi connectivity index (χ0n) is 9.78. The van der Waals surface area contributed by atoms with E-state index in [9.17, 15) is 4.39 Å². The van der Waals surface area contributed by atoms with Crippen LogP contribution in [0.1, 0.15) is 46.5 Å². The number of rotatable bonds is 4. The lowest BCUT2D eigenvalue weighted by Gasteiger charge is -2.39. The highest BCUT2D eigenvalue weighted by atomic mass is 19.1. The molecule has 0 aromatic rings. The molecule has 1 N–H and O–H groups in total. The Bertz CT molecular complexity index is 158. The molecule has 0 aromatic heterocycles. The molecule has 2 atom stereocenters. The van der Waals surface area contributed by atoms with E-state index >= 15 is 0 Å². The van der Waals surface area contributed by atoms with Crippen LogP contribution in [0.3, 0.4) is 0 Å². The Morgan fingerprint density at radius 1 is 1.43 bits per heavy atom. The van der Waals surface area contributed by atoms with Crippen molar-refractivity contribution in [2.45, 2.75) is 52.1 Å². The van der Waals surface area contributed by atoms with Crippen LogP contribution in [0.4, 0.5) is 4.39 Å². The summed E-state index contributed by atoms with van der Waals surface area (Å²) < 4.78 is 14.6. The largest absolute Gasteiger partial charge is 0.316 e. The standard InChI is InChI=1S/C12H24FN/c1-4-10(5-2)12(3,13)11-7-6-8-14-9-11/h10-11,14H,4-9H2,1-3H3. The second-order valence-corrected chi connectivity index (χ2v) is 4.71. The maximum Gasteiger partial charge on any atom is 0.115 e. The van der Waals surface area contributed by atoms with Gasteiger partial charge in [-0.2, -0.15) is 0 Å². The van der Waals surface area contributed by atoms with Gasteiger partial charge in [-0.3, -0.25) is 0 Å². The van der Waals surface area contributed by atoms with Gasteiger partial charge in [0.2, 0.25) is 0 Å². The fourth-order valence-electron chi connectivity index (χ4n) is 2.75. The Balaban J connectivity index is 2.60. The Labute approximate surface area is 87.5 Å². The molecule has 1 heterocycles. The van der Waals surface area contributed by atoms with Crippen LogP contribution in [-0.2, 0) is 0 Å². The van der Waals surface area contributed by atoms with Gasteiger partial charge in [-0.1, -0.05) is 26.7 Å². The molecule has 14 heavy (non-hydrogen) atoms. The molecule has 1 aliphatic rings. The third-order valence-electron chi connectivity index (χ3n) is 3.88. The molecule has 1 fully saturated rings. The first-order valence-electron chi connectivity index (χ1n) is 6.02. The average molecular weight is 201 g/mol. The summed E-state index contributed by atoms with van der Waals surface area (Å²) in [5.41, 5.74) is -0.975. The first-order chi connectivity index (χ1) is 6.62. The molecule has 0 amide bonds. The lowest BCUT2D eigenvalue weighted by atomic mass is 9.74. The van der Waals surface area contributed by atoms with Crippen LogP contribution in [0.25, 0.3) is 0 Å². The second-order valence-electron chi connectivity index (χ2n) is 4.71. The summed E-state index contributed by atoms with van der Waals surface area (Å²) in [7, 11) is 0. The predicted molar refractivity (Wildman–Crippen MR) is 59.2 cm³/mol. The van der Waals surface area contributed by atoms with Gasteiger partial charge in [0, 0.05) is 12.5 Å². The van der Waals surface area contributed by atoms with Crippen LogP contribution in [-0.4, -0.2) is 18.8 Å². The second kappa shape index (κ2) is 5.11. The summed E-state index contributed by atoms with van der Waals surface area (Å²) in [5.74, 6) is 0.452. The van der Waals surface area contributed by atoms with Crippen molar-refractivity contribution in [3.8, 4) is 0 Å². The fourth-order valence-corrected chi connectivity index (χ4v) is 2.75. The SMILES string of the molecule is CCC(CC)C(C)(F)C1CCCNC1. The van der Waals surface area contributed by atoms with Crippen LogP contribution in [0, 0.1) is 11.8 Å². The molecule has 2 heteroatoms. The molecule has 0 aromatic carbocycles. The van der Waals surface area contributed by atoms with Gasteiger partial charge >= 0.3 is 0 Å². The van der Waals surface area contributed by atoms with E-state index in [1.54, 1.807) is 0 Å². The molecule has 1 rings (SSSR count). The van der Waals surface area contributed by atoms with Crippen molar-refractivity contribution >= 4 is 0 Å². The molecule has 84 valence electrons. The van der Waals surface area contributed by atoms with Gasteiger partial charge in [-0.15, -0.1) is 0 Å².